The second-order valence-corrected chi connectivity index (χ2v) is 6.72. The second-order valence-electron chi connectivity index (χ2n) is 6.72. The van der Waals surface area contributed by atoms with Crippen LogP contribution >= 0.6 is 0 Å². The first-order chi connectivity index (χ1) is 10.6. The average Bonchev–Trinajstić information content (AvgIpc) is 2.50. The number of benzene rings is 1. The third kappa shape index (κ3) is 5.58. The summed E-state index contributed by atoms with van der Waals surface area (Å²) in [5.74, 6) is 0.226. The molecule has 0 atom stereocenters. The van der Waals surface area contributed by atoms with E-state index in [4.69, 9.17) is 9.84 Å². The van der Waals surface area contributed by atoms with Gasteiger partial charge in [0.1, 0.15) is 5.75 Å². The molecule has 1 aromatic rings. The number of carboxylic acids is 1. The van der Waals surface area contributed by atoms with Gasteiger partial charge in [0.15, 0.2) is 0 Å². The van der Waals surface area contributed by atoms with Gasteiger partial charge in [-0.25, -0.2) is 0 Å². The van der Waals surface area contributed by atoms with Crippen molar-refractivity contribution < 1.29 is 19.4 Å². The van der Waals surface area contributed by atoms with E-state index in [9.17, 15) is 9.59 Å². The van der Waals surface area contributed by atoms with Gasteiger partial charge in [0.05, 0.1) is 18.4 Å². The summed E-state index contributed by atoms with van der Waals surface area (Å²) >= 11 is 0. The van der Waals surface area contributed by atoms with Gasteiger partial charge in [0, 0.05) is 13.6 Å². The van der Waals surface area contributed by atoms with Gasteiger partial charge < -0.3 is 14.7 Å². The summed E-state index contributed by atoms with van der Waals surface area (Å²) in [6.45, 7) is 8.71. The topological polar surface area (TPSA) is 66.8 Å². The maximum absolute atomic E-state index is 12.6. The van der Waals surface area contributed by atoms with Crippen LogP contribution in [0.3, 0.4) is 0 Å². The van der Waals surface area contributed by atoms with E-state index in [1.807, 2.05) is 38.1 Å². The van der Waals surface area contributed by atoms with Crippen LogP contribution in [0.4, 0.5) is 0 Å². The van der Waals surface area contributed by atoms with E-state index in [0.29, 0.717) is 12.5 Å². The molecule has 1 aromatic carbocycles. The van der Waals surface area contributed by atoms with Crippen molar-refractivity contribution in [2.24, 2.45) is 5.92 Å². The Morgan fingerprint density at radius 3 is 2.26 bits per heavy atom. The predicted octanol–water partition coefficient (Wildman–Crippen LogP) is 2.93. The van der Waals surface area contributed by atoms with Crippen molar-refractivity contribution in [2.45, 2.75) is 39.5 Å². The lowest BCUT2D eigenvalue weighted by molar-refractivity contribution is -0.139. The fourth-order valence-corrected chi connectivity index (χ4v) is 2.20. The Kier molecular flexibility index (Phi) is 6.61. The molecule has 0 saturated heterocycles. The average molecular weight is 321 g/mol. The number of ether oxygens (including phenoxy) is 1. The number of hydrogen-bond acceptors (Lipinski definition) is 3. The van der Waals surface area contributed by atoms with Gasteiger partial charge in [-0.2, -0.15) is 0 Å². The number of rotatable bonds is 8. The smallest absolute Gasteiger partial charge is 0.305 e. The van der Waals surface area contributed by atoms with Gasteiger partial charge in [-0.15, -0.1) is 0 Å². The minimum Gasteiger partial charge on any atom is -0.493 e. The maximum Gasteiger partial charge on any atom is 0.305 e. The predicted molar refractivity (Wildman–Crippen MR) is 89.7 cm³/mol. The third-order valence-corrected chi connectivity index (χ3v) is 3.70. The summed E-state index contributed by atoms with van der Waals surface area (Å²) in [5.41, 5.74) is 0.158. The zero-order chi connectivity index (χ0) is 17.6. The summed E-state index contributed by atoms with van der Waals surface area (Å²) in [6, 6.07) is 7.51. The first kappa shape index (κ1) is 19.0. The zero-order valence-corrected chi connectivity index (χ0v) is 14.6. The zero-order valence-electron chi connectivity index (χ0n) is 14.6. The van der Waals surface area contributed by atoms with Crippen LogP contribution in [0.1, 0.15) is 39.7 Å². The molecule has 0 fully saturated rings. The van der Waals surface area contributed by atoms with Crippen LogP contribution in [0, 0.1) is 5.92 Å². The quantitative estimate of drug-likeness (QED) is 0.799. The molecule has 23 heavy (non-hydrogen) atoms. The van der Waals surface area contributed by atoms with Crippen LogP contribution < -0.4 is 4.74 Å². The molecule has 0 aromatic heterocycles. The fourth-order valence-electron chi connectivity index (χ4n) is 2.20. The molecule has 0 spiro atoms. The van der Waals surface area contributed by atoms with Crippen LogP contribution in [-0.2, 0) is 15.0 Å². The molecule has 0 saturated carbocycles. The van der Waals surface area contributed by atoms with E-state index in [2.05, 4.69) is 13.8 Å². The van der Waals surface area contributed by atoms with E-state index >= 15 is 0 Å². The van der Waals surface area contributed by atoms with Crippen molar-refractivity contribution in [1.29, 1.82) is 0 Å². The Balaban J connectivity index is 2.78. The number of carboxylic acid groups (broad SMARTS) is 1. The number of aliphatic carboxylic acids is 1. The minimum atomic E-state index is -0.908. The molecule has 0 aliphatic rings. The van der Waals surface area contributed by atoms with E-state index in [1.54, 1.807) is 7.05 Å². The van der Waals surface area contributed by atoms with Gasteiger partial charge in [-0.1, -0.05) is 26.0 Å². The van der Waals surface area contributed by atoms with Crippen LogP contribution in [0.2, 0.25) is 0 Å². The van der Waals surface area contributed by atoms with E-state index in [-0.39, 0.29) is 18.9 Å². The molecule has 5 nitrogen and oxygen atoms in total. The summed E-state index contributed by atoms with van der Waals surface area (Å²) in [7, 11) is 1.63. The van der Waals surface area contributed by atoms with Crippen LogP contribution in [0.25, 0.3) is 0 Å². The normalized spacial score (nSPS) is 11.4. The standard InChI is InChI=1S/C18H27NO4/c1-13(2)12-23-15-8-6-14(7-9-15)18(3,4)17(22)19(5)11-10-16(20)21/h6-9,13H,10-12H2,1-5H3,(H,20,21). The Morgan fingerprint density at radius 2 is 1.78 bits per heavy atom. The molecule has 0 unspecified atom stereocenters. The van der Waals surface area contributed by atoms with Crippen molar-refractivity contribution in [2.75, 3.05) is 20.2 Å². The van der Waals surface area contributed by atoms with E-state index < -0.39 is 11.4 Å². The number of amides is 1. The molecule has 1 amide bonds. The molecule has 1 rings (SSSR count). The number of likely N-dealkylation sites (N-methyl/N-ethyl adjacent to an activating group) is 1. The Hall–Kier alpha value is -2.04. The number of carbonyl (C=O) groups is 2. The van der Waals surface area contributed by atoms with Crippen molar-refractivity contribution in [1.82, 2.24) is 4.90 Å². The van der Waals surface area contributed by atoms with Gasteiger partial charge in [0.2, 0.25) is 5.91 Å². The number of carbonyl (C=O) groups excluding carboxylic acids is 1. The van der Waals surface area contributed by atoms with Gasteiger partial charge in [0.25, 0.3) is 0 Å². The molecule has 0 aliphatic carbocycles. The lowest BCUT2D eigenvalue weighted by Crippen LogP contribution is -2.42. The van der Waals surface area contributed by atoms with E-state index in [1.165, 1.54) is 4.90 Å². The molecular weight excluding hydrogens is 294 g/mol. The van der Waals surface area contributed by atoms with Gasteiger partial charge in [-0.05, 0) is 37.5 Å². The summed E-state index contributed by atoms with van der Waals surface area (Å²) in [4.78, 5) is 24.7. The highest BCUT2D eigenvalue weighted by Gasteiger charge is 2.32. The van der Waals surface area contributed by atoms with E-state index in [0.717, 1.165) is 11.3 Å². The second kappa shape index (κ2) is 7.99. The number of nitrogens with zero attached hydrogens (tertiary/aromatic N) is 1. The lowest BCUT2D eigenvalue weighted by atomic mass is 9.83. The first-order valence-corrected chi connectivity index (χ1v) is 7.85. The van der Waals surface area contributed by atoms with Crippen molar-refractivity contribution in [3.05, 3.63) is 29.8 Å². The highest BCUT2D eigenvalue weighted by atomic mass is 16.5. The Morgan fingerprint density at radius 1 is 1.22 bits per heavy atom. The minimum absolute atomic E-state index is 0.0553. The summed E-state index contributed by atoms with van der Waals surface area (Å²) in [6.07, 6.45) is -0.0553. The fraction of sp³-hybridized carbons (Fsp3) is 0.556. The van der Waals surface area contributed by atoms with Gasteiger partial charge in [-0.3, -0.25) is 9.59 Å². The Labute approximate surface area is 138 Å². The SMILES string of the molecule is CC(C)COc1ccc(C(C)(C)C(=O)N(C)CCC(=O)O)cc1. The molecule has 0 bridgehead atoms. The highest BCUT2D eigenvalue weighted by Crippen LogP contribution is 2.27. The third-order valence-electron chi connectivity index (χ3n) is 3.70. The molecular formula is C18H27NO4. The molecule has 0 aliphatic heterocycles. The molecule has 0 heterocycles. The van der Waals surface area contributed by atoms with Crippen LogP contribution in [0.5, 0.6) is 5.75 Å². The van der Waals surface area contributed by atoms with Gasteiger partial charge >= 0.3 is 5.97 Å². The van der Waals surface area contributed by atoms with Crippen LogP contribution in [0.15, 0.2) is 24.3 Å². The highest BCUT2D eigenvalue weighted by molar-refractivity contribution is 5.87. The number of hydrogen-bond donors (Lipinski definition) is 1. The lowest BCUT2D eigenvalue weighted by Gasteiger charge is -2.29. The maximum atomic E-state index is 12.6. The molecule has 0 radical (unpaired) electrons. The molecule has 1 N–H and O–H groups in total. The molecule has 128 valence electrons. The van der Waals surface area contributed by atoms with Crippen molar-refractivity contribution in [3.63, 3.8) is 0 Å². The summed E-state index contributed by atoms with van der Waals surface area (Å²) < 4.78 is 5.65. The molecule has 5 heteroatoms. The van der Waals surface area contributed by atoms with Crippen molar-refractivity contribution in [3.8, 4) is 5.75 Å². The largest absolute Gasteiger partial charge is 0.493 e. The first-order valence-electron chi connectivity index (χ1n) is 7.85. The summed E-state index contributed by atoms with van der Waals surface area (Å²) in [5, 5.41) is 8.73. The van der Waals surface area contributed by atoms with Crippen LogP contribution in [-0.4, -0.2) is 42.1 Å². The van der Waals surface area contributed by atoms with Crippen molar-refractivity contribution >= 4 is 11.9 Å². The monoisotopic (exact) mass is 321 g/mol. The Bertz CT molecular complexity index is 534.